The normalized spacial score (nSPS) is 12.4. The number of carboxylic acid groups (broad SMARTS) is 1. The van der Waals surface area contributed by atoms with Crippen LogP contribution in [0, 0.1) is 5.92 Å². The van der Waals surface area contributed by atoms with Gasteiger partial charge in [-0.05, 0) is 17.9 Å². The van der Waals surface area contributed by atoms with Gasteiger partial charge < -0.3 is 5.11 Å². The average Bonchev–Trinajstić information content (AvgIpc) is 2.66. The number of ketones is 1. The van der Waals surface area contributed by atoms with E-state index in [1.54, 1.807) is 13.0 Å². The van der Waals surface area contributed by atoms with Crippen molar-refractivity contribution in [2.24, 2.45) is 5.92 Å². The monoisotopic (exact) mass is 212 g/mol. The van der Waals surface area contributed by atoms with Crippen LogP contribution in [0.1, 0.15) is 29.4 Å². The van der Waals surface area contributed by atoms with E-state index in [2.05, 4.69) is 0 Å². The van der Waals surface area contributed by atoms with Gasteiger partial charge in [0.05, 0.1) is 10.8 Å². The summed E-state index contributed by atoms with van der Waals surface area (Å²) < 4.78 is 0. The van der Waals surface area contributed by atoms with E-state index >= 15 is 0 Å². The summed E-state index contributed by atoms with van der Waals surface area (Å²) >= 11 is 1.39. The number of carboxylic acids is 1. The first-order valence-corrected chi connectivity index (χ1v) is 5.28. The first-order valence-electron chi connectivity index (χ1n) is 4.40. The van der Waals surface area contributed by atoms with E-state index in [0.717, 1.165) is 0 Å². The van der Waals surface area contributed by atoms with Gasteiger partial charge in [0.2, 0.25) is 0 Å². The molecule has 0 aromatic carbocycles. The van der Waals surface area contributed by atoms with Crippen LogP contribution >= 0.6 is 11.3 Å². The Morgan fingerprint density at radius 1 is 1.57 bits per heavy atom. The van der Waals surface area contributed by atoms with Gasteiger partial charge in [-0.2, -0.15) is 0 Å². The van der Waals surface area contributed by atoms with E-state index in [1.165, 1.54) is 11.3 Å². The van der Waals surface area contributed by atoms with E-state index in [1.807, 2.05) is 11.4 Å². The molecule has 0 amide bonds. The molecule has 0 radical (unpaired) electrons. The molecule has 0 aliphatic heterocycles. The van der Waals surface area contributed by atoms with Crippen molar-refractivity contribution in [1.29, 1.82) is 0 Å². The molecule has 1 atom stereocenters. The first kappa shape index (κ1) is 10.9. The van der Waals surface area contributed by atoms with Crippen LogP contribution in [0.2, 0.25) is 0 Å². The molecule has 0 bridgehead atoms. The van der Waals surface area contributed by atoms with E-state index in [4.69, 9.17) is 5.11 Å². The third-order valence-corrected chi connectivity index (χ3v) is 2.93. The van der Waals surface area contributed by atoms with Crippen molar-refractivity contribution in [2.75, 3.05) is 0 Å². The zero-order valence-corrected chi connectivity index (χ0v) is 8.71. The summed E-state index contributed by atoms with van der Waals surface area (Å²) in [6.45, 7) is 1.62. The van der Waals surface area contributed by atoms with Crippen LogP contribution in [0.4, 0.5) is 0 Å². The zero-order chi connectivity index (χ0) is 10.6. The highest BCUT2D eigenvalue weighted by atomic mass is 32.1. The molecule has 0 saturated carbocycles. The van der Waals surface area contributed by atoms with Crippen LogP contribution in [-0.2, 0) is 4.79 Å². The number of carbonyl (C=O) groups is 2. The molecule has 0 spiro atoms. The minimum Gasteiger partial charge on any atom is -0.481 e. The van der Waals surface area contributed by atoms with Gasteiger partial charge in [0.15, 0.2) is 5.78 Å². The van der Waals surface area contributed by atoms with Gasteiger partial charge in [0, 0.05) is 6.42 Å². The van der Waals surface area contributed by atoms with Crippen LogP contribution in [-0.4, -0.2) is 16.9 Å². The summed E-state index contributed by atoms with van der Waals surface area (Å²) in [5.74, 6) is -1.25. The van der Waals surface area contributed by atoms with Crippen molar-refractivity contribution < 1.29 is 14.7 Å². The summed E-state index contributed by atoms with van der Waals surface area (Å²) in [6.07, 6.45) is 0.722. The summed E-state index contributed by atoms with van der Waals surface area (Å²) in [5, 5.41) is 10.5. The fourth-order valence-corrected chi connectivity index (χ4v) is 1.73. The van der Waals surface area contributed by atoms with Gasteiger partial charge in [-0.15, -0.1) is 11.3 Å². The second kappa shape index (κ2) is 4.91. The molecular weight excluding hydrogens is 200 g/mol. The standard InChI is InChI=1S/C10H12O3S/c1-7(10(12)13)4-5-8(11)9-3-2-6-14-9/h2-3,6-7H,4-5H2,1H3,(H,12,13). The minimum absolute atomic E-state index is 0.0353. The van der Waals surface area contributed by atoms with Gasteiger partial charge >= 0.3 is 5.97 Å². The highest BCUT2D eigenvalue weighted by Crippen LogP contribution is 2.14. The number of carbonyl (C=O) groups excluding carboxylic acids is 1. The van der Waals surface area contributed by atoms with Gasteiger partial charge in [-0.1, -0.05) is 13.0 Å². The minimum atomic E-state index is -0.844. The lowest BCUT2D eigenvalue weighted by Gasteiger charge is -2.03. The molecule has 1 aromatic heterocycles. The van der Waals surface area contributed by atoms with Crippen molar-refractivity contribution in [1.82, 2.24) is 0 Å². The molecule has 0 aliphatic carbocycles. The third kappa shape index (κ3) is 2.96. The quantitative estimate of drug-likeness (QED) is 0.762. The van der Waals surface area contributed by atoms with Crippen molar-refractivity contribution >= 4 is 23.1 Å². The Bertz CT molecular complexity index is 316. The Kier molecular flexibility index (Phi) is 3.83. The molecule has 1 unspecified atom stereocenters. The van der Waals surface area contributed by atoms with Crippen molar-refractivity contribution in [3.8, 4) is 0 Å². The highest BCUT2D eigenvalue weighted by Gasteiger charge is 2.14. The Hall–Kier alpha value is -1.16. The molecule has 0 fully saturated rings. The number of rotatable bonds is 5. The Morgan fingerprint density at radius 2 is 2.29 bits per heavy atom. The summed E-state index contributed by atoms with van der Waals surface area (Å²) in [6, 6.07) is 3.58. The van der Waals surface area contributed by atoms with Crippen molar-refractivity contribution in [3.63, 3.8) is 0 Å². The van der Waals surface area contributed by atoms with Crippen LogP contribution in [0.3, 0.4) is 0 Å². The number of Topliss-reactive ketones (excluding diaryl/α,β-unsaturated/α-hetero) is 1. The highest BCUT2D eigenvalue weighted by molar-refractivity contribution is 7.12. The molecule has 3 nitrogen and oxygen atoms in total. The Morgan fingerprint density at radius 3 is 2.79 bits per heavy atom. The smallest absolute Gasteiger partial charge is 0.306 e. The van der Waals surface area contributed by atoms with Gasteiger partial charge in [0.1, 0.15) is 0 Å². The number of aliphatic carboxylic acids is 1. The fraction of sp³-hybridized carbons (Fsp3) is 0.400. The van der Waals surface area contributed by atoms with Gasteiger partial charge in [0.25, 0.3) is 0 Å². The summed E-state index contributed by atoms with van der Waals surface area (Å²) in [4.78, 5) is 22.7. The van der Waals surface area contributed by atoms with Crippen LogP contribution in [0.15, 0.2) is 17.5 Å². The zero-order valence-electron chi connectivity index (χ0n) is 7.90. The van der Waals surface area contributed by atoms with Gasteiger partial charge in [-0.25, -0.2) is 0 Å². The predicted octanol–water partition coefficient (Wildman–Crippen LogP) is 2.43. The molecular formula is C10H12O3S. The Labute approximate surface area is 86.4 Å². The SMILES string of the molecule is CC(CCC(=O)c1cccs1)C(=O)O. The number of hydrogen-bond donors (Lipinski definition) is 1. The van der Waals surface area contributed by atoms with Crippen molar-refractivity contribution in [3.05, 3.63) is 22.4 Å². The lowest BCUT2D eigenvalue weighted by molar-refractivity contribution is -0.141. The average molecular weight is 212 g/mol. The predicted molar refractivity (Wildman–Crippen MR) is 54.7 cm³/mol. The molecule has 1 heterocycles. The molecule has 4 heteroatoms. The topological polar surface area (TPSA) is 54.4 Å². The van der Waals surface area contributed by atoms with Crippen LogP contribution in [0.5, 0.6) is 0 Å². The largest absolute Gasteiger partial charge is 0.481 e. The van der Waals surface area contributed by atoms with Crippen LogP contribution in [0.25, 0.3) is 0 Å². The molecule has 0 aliphatic rings. The third-order valence-electron chi connectivity index (χ3n) is 2.02. The second-order valence-corrected chi connectivity index (χ2v) is 4.13. The lowest BCUT2D eigenvalue weighted by Crippen LogP contribution is -2.11. The summed E-state index contributed by atoms with van der Waals surface area (Å²) in [7, 11) is 0. The maximum atomic E-state index is 11.5. The van der Waals surface area contributed by atoms with Crippen LogP contribution < -0.4 is 0 Å². The van der Waals surface area contributed by atoms with E-state index < -0.39 is 11.9 Å². The maximum absolute atomic E-state index is 11.5. The van der Waals surface area contributed by atoms with E-state index in [9.17, 15) is 9.59 Å². The lowest BCUT2D eigenvalue weighted by atomic mass is 10.0. The molecule has 1 N–H and O–H groups in total. The molecule has 76 valence electrons. The molecule has 1 aromatic rings. The summed E-state index contributed by atoms with van der Waals surface area (Å²) in [5.41, 5.74) is 0. The first-order chi connectivity index (χ1) is 6.61. The molecule has 14 heavy (non-hydrogen) atoms. The van der Waals surface area contributed by atoms with Gasteiger partial charge in [-0.3, -0.25) is 9.59 Å². The van der Waals surface area contributed by atoms with E-state index in [-0.39, 0.29) is 5.78 Å². The second-order valence-electron chi connectivity index (χ2n) is 3.18. The molecule has 1 rings (SSSR count). The maximum Gasteiger partial charge on any atom is 0.306 e. The van der Waals surface area contributed by atoms with Crippen molar-refractivity contribution in [2.45, 2.75) is 19.8 Å². The van der Waals surface area contributed by atoms with E-state index in [0.29, 0.717) is 17.7 Å². The fourth-order valence-electron chi connectivity index (χ4n) is 1.03. The molecule has 0 saturated heterocycles. The Balaban J connectivity index is 2.40. The number of thiophene rings is 1. The number of hydrogen-bond acceptors (Lipinski definition) is 3.